The van der Waals surface area contributed by atoms with Crippen LogP contribution in [0.2, 0.25) is 5.02 Å². The topological polar surface area (TPSA) is 72.9 Å². The van der Waals surface area contributed by atoms with E-state index in [9.17, 15) is 13.2 Å². The van der Waals surface area contributed by atoms with Gasteiger partial charge in [-0.15, -0.1) is 0 Å². The molecular formula is C30H33ClFNO5S. The average molecular weight is 574 g/mol. The van der Waals surface area contributed by atoms with Crippen LogP contribution in [0.4, 0.5) is 10.1 Å². The zero-order valence-corrected chi connectivity index (χ0v) is 25.0. The van der Waals surface area contributed by atoms with Gasteiger partial charge in [0, 0.05) is 21.7 Å². The number of nitrogens with zero attached hydrogens (tertiary/aromatic N) is 1. The minimum absolute atomic E-state index is 0.0407. The Labute approximate surface area is 234 Å². The minimum atomic E-state index is -3.79. The van der Waals surface area contributed by atoms with Crippen molar-refractivity contribution in [2.75, 3.05) is 17.7 Å². The summed E-state index contributed by atoms with van der Waals surface area (Å²) in [4.78, 5) is 13.3. The van der Waals surface area contributed by atoms with Crippen molar-refractivity contribution < 1.29 is 27.1 Å². The molecule has 4 rings (SSSR count). The number of carbonyl (C=O) groups is 1. The number of esters is 1. The van der Waals surface area contributed by atoms with Crippen molar-refractivity contribution in [2.24, 2.45) is 0 Å². The van der Waals surface area contributed by atoms with E-state index in [0.717, 1.165) is 17.4 Å². The molecule has 6 nitrogen and oxygen atoms in total. The van der Waals surface area contributed by atoms with Crippen LogP contribution in [-0.2, 0) is 30.8 Å². The fourth-order valence-corrected chi connectivity index (χ4v) is 6.55. The molecule has 0 aliphatic carbocycles. The van der Waals surface area contributed by atoms with Gasteiger partial charge in [0.05, 0.1) is 31.2 Å². The smallest absolute Gasteiger partial charge is 0.339 e. The number of hydrogen-bond donors (Lipinski definition) is 0. The lowest BCUT2D eigenvalue weighted by Gasteiger charge is -2.37. The molecule has 0 saturated heterocycles. The number of ether oxygens (including phenoxy) is 2. The Morgan fingerprint density at radius 3 is 2.28 bits per heavy atom. The number of methoxy groups -OCH3 is 1. The Kier molecular flexibility index (Phi) is 7.62. The number of fused-ring (bicyclic) bond motifs is 3. The number of hydrogen-bond acceptors (Lipinski definition) is 5. The van der Waals surface area contributed by atoms with Gasteiger partial charge in [0.1, 0.15) is 5.82 Å². The highest BCUT2D eigenvalue weighted by Crippen LogP contribution is 2.52. The second kappa shape index (κ2) is 10.2. The molecule has 1 aliphatic heterocycles. The highest BCUT2D eigenvalue weighted by atomic mass is 35.5. The molecule has 3 aromatic rings. The summed E-state index contributed by atoms with van der Waals surface area (Å²) >= 11 is 6.29. The highest BCUT2D eigenvalue weighted by Gasteiger charge is 2.39. The molecule has 3 aromatic carbocycles. The molecule has 1 heterocycles. The first-order chi connectivity index (χ1) is 18.1. The number of halogens is 2. The normalized spacial score (nSPS) is 14.1. The summed E-state index contributed by atoms with van der Waals surface area (Å²) < 4.78 is 54.6. The lowest BCUT2D eigenvalue weighted by atomic mass is 9.79. The maximum atomic E-state index is 15.5. The summed E-state index contributed by atoms with van der Waals surface area (Å²) in [6, 6.07) is 10.1. The van der Waals surface area contributed by atoms with E-state index in [1.54, 1.807) is 25.1 Å². The first kappa shape index (κ1) is 29.1. The van der Waals surface area contributed by atoms with Crippen molar-refractivity contribution in [2.45, 2.75) is 59.8 Å². The molecular weight excluding hydrogens is 541 g/mol. The first-order valence-electron chi connectivity index (χ1n) is 12.5. The Morgan fingerprint density at radius 1 is 1.05 bits per heavy atom. The van der Waals surface area contributed by atoms with E-state index in [1.165, 1.54) is 17.5 Å². The second-order valence-electron chi connectivity index (χ2n) is 10.9. The van der Waals surface area contributed by atoms with E-state index in [2.05, 4.69) is 0 Å². The lowest BCUT2D eigenvalue weighted by Crippen LogP contribution is -2.35. The zero-order valence-electron chi connectivity index (χ0n) is 23.4. The molecule has 39 heavy (non-hydrogen) atoms. The monoisotopic (exact) mass is 573 g/mol. The molecule has 0 radical (unpaired) electrons. The number of benzene rings is 3. The van der Waals surface area contributed by atoms with E-state index >= 15 is 4.39 Å². The van der Waals surface area contributed by atoms with Crippen LogP contribution in [0.25, 0.3) is 22.3 Å². The van der Waals surface area contributed by atoms with Crippen molar-refractivity contribution in [3.8, 4) is 22.3 Å². The fourth-order valence-electron chi connectivity index (χ4n) is 5.39. The lowest BCUT2D eigenvalue weighted by molar-refractivity contribution is -0.164. The zero-order chi connectivity index (χ0) is 29.0. The van der Waals surface area contributed by atoms with Crippen LogP contribution in [-0.4, -0.2) is 33.4 Å². The molecule has 0 amide bonds. The minimum Gasteiger partial charge on any atom is -0.467 e. The largest absolute Gasteiger partial charge is 0.467 e. The van der Waals surface area contributed by atoms with Gasteiger partial charge in [-0.05, 0) is 93.1 Å². The Hall–Kier alpha value is -2.94. The van der Waals surface area contributed by atoms with Gasteiger partial charge in [0.15, 0.2) is 6.10 Å². The molecule has 0 bridgehead atoms. The van der Waals surface area contributed by atoms with Crippen LogP contribution in [0.15, 0.2) is 36.4 Å². The average Bonchev–Trinajstić information content (AvgIpc) is 2.83. The van der Waals surface area contributed by atoms with Gasteiger partial charge in [-0.1, -0.05) is 29.8 Å². The van der Waals surface area contributed by atoms with Crippen molar-refractivity contribution in [1.29, 1.82) is 0 Å². The molecule has 1 aliphatic rings. The summed E-state index contributed by atoms with van der Waals surface area (Å²) in [6.07, 6.45) is -0.0662. The SMILES string of the molecule is COC(=O)[C@@H](OC(C)(C)C)c1c(C)c2c(c(C)c1-c1ccc(Cl)cc1C)-c1c(F)cccc1CN2S(C)(=O)=O. The number of rotatable bonds is 5. The molecule has 0 spiro atoms. The number of aryl methyl sites for hydroxylation is 1. The molecule has 0 N–H and O–H groups in total. The summed E-state index contributed by atoms with van der Waals surface area (Å²) in [5, 5.41) is 0.542. The van der Waals surface area contributed by atoms with Gasteiger partial charge in [0.25, 0.3) is 0 Å². The molecule has 0 saturated carbocycles. The van der Waals surface area contributed by atoms with Gasteiger partial charge >= 0.3 is 5.97 Å². The van der Waals surface area contributed by atoms with Crippen LogP contribution in [0.5, 0.6) is 0 Å². The number of carbonyl (C=O) groups excluding carboxylic acids is 1. The van der Waals surface area contributed by atoms with Gasteiger partial charge in [-0.25, -0.2) is 17.6 Å². The van der Waals surface area contributed by atoms with Crippen LogP contribution in [0.1, 0.15) is 54.7 Å². The quantitative estimate of drug-likeness (QED) is 0.306. The summed E-state index contributed by atoms with van der Waals surface area (Å²) in [7, 11) is -2.51. The van der Waals surface area contributed by atoms with E-state index in [0.29, 0.717) is 49.7 Å². The van der Waals surface area contributed by atoms with Crippen molar-refractivity contribution >= 4 is 33.3 Å². The molecule has 0 aromatic heterocycles. The van der Waals surface area contributed by atoms with Crippen molar-refractivity contribution in [1.82, 2.24) is 0 Å². The van der Waals surface area contributed by atoms with Gasteiger partial charge < -0.3 is 9.47 Å². The standard InChI is InChI=1S/C30H33ClFNO5S/c1-16-14-20(31)12-13-21(16)23-17(2)24-26-19(10-9-11-22(26)32)15-33(39(8,35)36)27(24)18(3)25(23)28(29(34)37-7)38-30(4,5)6/h9-14,28H,15H2,1-8H3/t28-/m0/s1. The highest BCUT2D eigenvalue weighted by molar-refractivity contribution is 7.92. The van der Waals surface area contributed by atoms with Crippen molar-refractivity contribution in [3.63, 3.8) is 0 Å². The van der Waals surface area contributed by atoms with E-state index in [4.69, 9.17) is 21.1 Å². The molecule has 1 atom stereocenters. The number of anilines is 1. The van der Waals surface area contributed by atoms with Gasteiger partial charge in [0.2, 0.25) is 10.0 Å². The molecule has 208 valence electrons. The fraction of sp³-hybridized carbons (Fsp3) is 0.367. The Bertz CT molecular complexity index is 1590. The maximum absolute atomic E-state index is 15.5. The van der Waals surface area contributed by atoms with E-state index in [1.807, 2.05) is 46.8 Å². The van der Waals surface area contributed by atoms with Crippen LogP contribution < -0.4 is 4.31 Å². The first-order valence-corrected chi connectivity index (χ1v) is 14.7. The summed E-state index contributed by atoms with van der Waals surface area (Å²) in [5.74, 6) is -1.08. The van der Waals surface area contributed by atoms with Gasteiger partial charge in [-0.3, -0.25) is 4.31 Å². The maximum Gasteiger partial charge on any atom is 0.339 e. The third-order valence-electron chi connectivity index (χ3n) is 6.94. The second-order valence-corrected chi connectivity index (χ2v) is 13.2. The molecule has 0 unspecified atom stereocenters. The van der Waals surface area contributed by atoms with E-state index < -0.39 is 33.5 Å². The molecule has 0 fully saturated rings. The summed E-state index contributed by atoms with van der Waals surface area (Å²) in [6.45, 7) is 10.9. The van der Waals surface area contributed by atoms with Crippen LogP contribution in [0.3, 0.4) is 0 Å². The van der Waals surface area contributed by atoms with Crippen molar-refractivity contribution in [3.05, 3.63) is 75.1 Å². The third-order valence-corrected chi connectivity index (χ3v) is 8.28. The van der Waals surface area contributed by atoms with Crippen LogP contribution in [0, 0.1) is 26.6 Å². The predicted octanol–water partition coefficient (Wildman–Crippen LogP) is 7.05. The Morgan fingerprint density at radius 2 is 1.72 bits per heavy atom. The van der Waals surface area contributed by atoms with Crippen LogP contribution >= 0.6 is 11.6 Å². The summed E-state index contributed by atoms with van der Waals surface area (Å²) in [5.41, 5.74) is 4.73. The molecule has 9 heteroatoms. The number of sulfonamides is 1. The van der Waals surface area contributed by atoms with E-state index in [-0.39, 0.29) is 6.54 Å². The predicted molar refractivity (Wildman–Crippen MR) is 153 cm³/mol. The Balaban J connectivity index is 2.27. The van der Waals surface area contributed by atoms with Gasteiger partial charge in [-0.2, -0.15) is 0 Å². The third kappa shape index (κ3) is 5.30.